The normalized spacial score (nSPS) is 27.5. The molecule has 2 nitrogen and oxygen atoms in total. The lowest BCUT2D eigenvalue weighted by Gasteiger charge is -2.30. The van der Waals surface area contributed by atoms with Crippen LogP contribution >= 0.6 is 0 Å². The summed E-state index contributed by atoms with van der Waals surface area (Å²) in [4.78, 5) is 0. The van der Waals surface area contributed by atoms with Crippen LogP contribution in [0.4, 0.5) is 5.69 Å². The molecule has 0 spiro atoms. The number of rotatable bonds is 3. The van der Waals surface area contributed by atoms with E-state index in [2.05, 4.69) is 31.3 Å². The summed E-state index contributed by atoms with van der Waals surface area (Å²) in [6.45, 7) is 4.33. The maximum Gasteiger partial charge on any atom is 0.0346 e. The highest BCUT2D eigenvalue weighted by Gasteiger charge is 2.28. The molecule has 104 valence electrons. The molecule has 0 heterocycles. The van der Waals surface area contributed by atoms with E-state index in [-0.39, 0.29) is 0 Å². The molecule has 0 amide bonds. The van der Waals surface area contributed by atoms with Gasteiger partial charge in [0.2, 0.25) is 0 Å². The van der Waals surface area contributed by atoms with Crippen molar-refractivity contribution in [3.63, 3.8) is 0 Å². The van der Waals surface area contributed by atoms with Crippen LogP contribution in [0.3, 0.4) is 0 Å². The highest BCUT2D eigenvalue weighted by atomic mass is 15.0. The summed E-state index contributed by atoms with van der Waals surface area (Å²) in [7, 11) is 0. The van der Waals surface area contributed by atoms with Crippen LogP contribution in [0.1, 0.15) is 61.1 Å². The third-order valence-corrected chi connectivity index (χ3v) is 4.87. The first-order chi connectivity index (χ1) is 9.13. The summed E-state index contributed by atoms with van der Waals surface area (Å²) in [6, 6.07) is 6.10. The summed E-state index contributed by atoms with van der Waals surface area (Å²) >= 11 is 0. The van der Waals surface area contributed by atoms with Gasteiger partial charge >= 0.3 is 0 Å². The Labute approximate surface area is 116 Å². The zero-order valence-electron chi connectivity index (χ0n) is 12.2. The summed E-state index contributed by atoms with van der Waals surface area (Å²) in [5, 5.41) is 3.78. The van der Waals surface area contributed by atoms with Gasteiger partial charge in [-0.05, 0) is 81.0 Å². The molecule has 0 atom stereocenters. The first-order valence-corrected chi connectivity index (χ1v) is 7.76. The van der Waals surface area contributed by atoms with Crippen molar-refractivity contribution < 1.29 is 0 Å². The first-order valence-electron chi connectivity index (χ1n) is 7.76. The minimum absolute atomic E-state index is 0.747. The molecule has 0 aromatic heterocycles. The van der Waals surface area contributed by atoms with Gasteiger partial charge in [-0.1, -0.05) is 6.07 Å². The Morgan fingerprint density at radius 2 is 1.47 bits per heavy atom. The van der Waals surface area contributed by atoms with Gasteiger partial charge in [-0.3, -0.25) is 0 Å². The van der Waals surface area contributed by atoms with Gasteiger partial charge in [0.1, 0.15) is 0 Å². The van der Waals surface area contributed by atoms with Crippen LogP contribution in [-0.4, -0.2) is 12.1 Å². The SMILES string of the molecule is Cc1cc([C@H]2CC[C@@H](NC3CC3)CC2)c(C)cc1N. The average molecular weight is 258 g/mol. The molecule has 1 aromatic rings. The van der Waals surface area contributed by atoms with Crippen molar-refractivity contribution in [3.05, 3.63) is 28.8 Å². The van der Waals surface area contributed by atoms with Gasteiger partial charge in [-0.25, -0.2) is 0 Å². The maximum atomic E-state index is 5.99. The van der Waals surface area contributed by atoms with Crippen LogP contribution in [-0.2, 0) is 0 Å². The molecule has 2 saturated carbocycles. The molecular formula is C17H26N2. The lowest BCUT2D eigenvalue weighted by atomic mass is 9.79. The molecule has 19 heavy (non-hydrogen) atoms. The van der Waals surface area contributed by atoms with Gasteiger partial charge < -0.3 is 11.1 Å². The second kappa shape index (κ2) is 5.16. The Kier molecular flexibility index (Phi) is 3.53. The van der Waals surface area contributed by atoms with E-state index in [0.717, 1.165) is 23.7 Å². The Bertz CT molecular complexity index is 455. The zero-order valence-corrected chi connectivity index (χ0v) is 12.2. The fourth-order valence-electron chi connectivity index (χ4n) is 3.46. The van der Waals surface area contributed by atoms with Crippen molar-refractivity contribution in [1.29, 1.82) is 0 Å². The Hall–Kier alpha value is -1.02. The van der Waals surface area contributed by atoms with Crippen LogP contribution in [0.15, 0.2) is 12.1 Å². The standard InChI is InChI=1S/C17H26N2/c1-11-10-17(18)12(2)9-16(11)13-3-5-14(6-4-13)19-15-7-8-15/h9-10,13-15,19H,3-8,18H2,1-2H3/t13-,14+. The van der Waals surface area contributed by atoms with E-state index in [4.69, 9.17) is 5.73 Å². The van der Waals surface area contributed by atoms with Crippen LogP contribution in [0, 0.1) is 13.8 Å². The molecule has 0 bridgehead atoms. The van der Waals surface area contributed by atoms with Crippen molar-refractivity contribution in [2.24, 2.45) is 0 Å². The van der Waals surface area contributed by atoms with Gasteiger partial charge in [-0.15, -0.1) is 0 Å². The van der Waals surface area contributed by atoms with Crippen molar-refractivity contribution in [1.82, 2.24) is 5.32 Å². The lowest BCUT2D eigenvalue weighted by Crippen LogP contribution is -2.34. The fraction of sp³-hybridized carbons (Fsp3) is 0.647. The van der Waals surface area contributed by atoms with E-state index >= 15 is 0 Å². The van der Waals surface area contributed by atoms with E-state index in [1.54, 1.807) is 0 Å². The van der Waals surface area contributed by atoms with E-state index in [1.165, 1.54) is 55.2 Å². The number of aryl methyl sites for hydroxylation is 2. The molecule has 2 aliphatic rings. The fourth-order valence-corrected chi connectivity index (χ4v) is 3.46. The smallest absolute Gasteiger partial charge is 0.0346 e. The largest absolute Gasteiger partial charge is 0.399 e. The van der Waals surface area contributed by atoms with Crippen molar-refractivity contribution in [2.45, 2.75) is 70.4 Å². The summed E-state index contributed by atoms with van der Waals surface area (Å²) in [5.74, 6) is 0.747. The maximum absolute atomic E-state index is 5.99. The van der Waals surface area contributed by atoms with Crippen molar-refractivity contribution in [3.8, 4) is 0 Å². The van der Waals surface area contributed by atoms with Gasteiger partial charge in [0, 0.05) is 17.8 Å². The minimum atomic E-state index is 0.747. The molecule has 1 aromatic carbocycles. The van der Waals surface area contributed by atoms with E-state index < -0.39 is 0 Å². The van der Waals surface area contributed by atoms with Gasteiger partial charge in [-0.2, -0.15) is 0 Å². The number of nitrogens with one attached hydrogen (secondary N) is 1. The van der Waals surface area contributed by atoms with Gasteiger partial charge in [0.15, 0.2) is 0 Å². The summed E-state index contributed by atoms with van der Waals surface area (Å²) in [6.07, 6.45) is 8.13. The van der Waals surface area contributed by atoms with E-state index in [1.807, 2.05) is 0 Å². The molecule has 2 heteroatoms. The Morgan fingerprint density at radius 3 is 2.05 bits per heavy atom. The Morgan fingerprint density at radius 1 is 0.895 bits per heavy atom. The molecular weight excluding hydrogens is 232 g/mol. The molecule has 0 saturated heterocycles. The zero-order chi connectivity index (χ0) is 13.4. The number of hydrogen-bond donors (Lipinski definition) is 2. The quantitative estimate of drug-likeness (QED) is 0.812. The molecule has 0 aliphatic heterocycles. The molecule has 2 fully saturated rings. The summed E-state index contributed by atoms with van der Waals surface area (Å²) < 4.78 is 0. The molecule has 3 rings (SSSR count). The second-order valence-corrected chi connectivity index (χ2v) is 6.55. The van der Waals surface area contributed by atoms with Crippen LogP contribution < -0.4 is 11.1 Å². The highest BCUT2D eigenvalue weighted by molar-refractivity contribution is 5.52. The van der Waals surface area contributed by atoms with Crippen LogP contribution in [0.2, 0.25) is 0 Å². The van der Waals surface area contributed by atoms with E-state index in [0.29, 0.717) is 0 Å². The highest BCUT2D eigenvalue weighted by Crippen LogP contribution is 2.36. The predicted octanol–water partition coefficient (Wildman–Crippen LogP) is 3.66. The third kappa shape index (κ3) is 2.94. The number of benzene rings is 1. The topological polar surface area (TPSA) is 38.0 Å². The van der Waals surface area contributed by atoms with E-state index in [9.17, 15) is 0 Å². The van der Waals surface area contributed by atoms with Crippen molar-refractivity contribution in [2.75, 3.05) is 5.73 Å². The predicted molar refractivity (Wildman–Crippen MR) is 81.5 cm³/mol. The van der Waals surface area contributed by atoms with Gasteiger partial charge in [0.05, 0.1) is 0 Å². The minimum Gasteiger partial charge on any atom is -0.399 e. The van der Waals surface area contributed by atoms with Crippen LogP contribution in [0.25, 0.3) is 0 Å². The first kappa shape index (κ1) is 13.0. The Balaban J connectivity index is 1.65. The molecule has 2 aliphatic carbocycles. The monoisotopic (exact) mass is 258 g/mol. The summed E-state index contributed by atoms with van der Waals surface area (Å²) in [5.41, 5.74) is 11.1. The third-order valence-electron chi connectivity index (χ3n) is 4.87. The lowest BCUT2D eigenvalue weighted by molar-refractivity contribution is 0.340. The average Bonchev–Trinajstić information content (AvgIpc) is 3.19. The number of nitrogen functional groups attached to an aromatic ring is 1. The molecule has 3 N–H and O–H groups in total. The van der Waals surface area contributed by atoms with Gasteiger partial charge in [0.25, 0.3) is 0 Å². The number of nitrogens with two attached hydrogens (primary N) is 1. The molecule has 0 unspecified atom stereocenters. The number of hydrogen-bond acceptors (Lipinski definition) is 2. The molecule has 0 radical (unpaired) electrons. The van der Waals surface area contributed by atoms with Crippen molar-refractivity contribution >= 4 is 5.69 Å². The van der Waals surface area contributed by atoms with Crippen LogP contribution in [0.5, 0.6) is 0 Å². The second-order valence-electron chi connectivity index (χ2n) is 6.55. The number of anilines is 1.